The highest BCUT2D eigenvalue weighted by Crippen LogP contribution is 1.98. The number of rotatable bonds is 14. The zero-order valence-corrected chi connectivity index (χ0v) is 14.1. The SMILES string of the molecule is CCCNCCCCS(=O)(=O)NCCOCCC(C)C. The minimum Gasteiger partial charge on any atom is -0.380 e. The van der Waals surface area contributed by atoms with Crippen molar-refractivity contribution in [2.45, 2.75) is 46.5 Å². The van der Waals surface area contributed by atoms with Crippen LogP contribution in [0, 0.1) is 5.92 Å². The molecule has 0 aromatic carbocycles. The molecule has 6 heteroatoms. The minimum absolute atomic E-state index is 0.201. The number of ether oxygens (including phenoxy) is 1. The Balaban J connectivity index is 3.45. The molecule has 2 N–H and O–H groups in total. The maximum Gasteiger partial charge on any atom is 0.211 e. The van der Waals surface area contributed by atoms with Crippen molar-refractivity contribution in [2.75, 3.05) is 38.6 Å². The van der Waals surface area contributed by atoms with E-state index in [1.807, 2.05) is 0 Å². The first kappa shape index (κ1) is 19.8. The third kappa shape index (κ3) is 14.2. The summed E-state index contributed by atoms with van der Waals surface area (Å²) in [5.41, 5.74) is 0. The van der Waals surface area contributed by atoms with E-state index in [0.29, 0.717) is 32.1 Å². The summed E-state index contributed by atoms with van der Waals surface area (Å²) in [7, 11) is -3.14. The summed E-state index contributed by atoms with van der Waals surface area (Å²) in [5, 5.41) is 3.26. The highest BCUT2D eigenvalue weighted by atomic mass is 32.2. The standard InChI is InChI=1S/C14H32N2O3S/c1-4-8-15-9-5-6-13-20(17,18)16-10-12-19-11-7-14(2)3/h14-16H,4-13H2,1-3H3. The van der Waals surface area contributed by atoms with Crippen molar-refractivity contribution in [3.8, 4) is 0 Å². The number of sulfonamides is 1. The average Bonchev–Trinajstić information content (AvgIpc) is 2.37. The van der Waals surface area contributed by atoms with Crippen molar-refractivity contribution in [3.05, 3.63) is 0 Å². The van der Waals surface area contributed by atoms with Crippen LogP contribution in [0.2, 0.25) is 0 Å². The minimum atomic E-state index is -3.14. The van der Waals surface area contributed by atoms with Crippen molar-refractivity contribution in [3.63, 3.8) is 0 Å². The molecule has 0 heterocycles. The van der Waals surface area contributed by atoms with E-state index in [2.05, 4.69) is 30.8 Å². The van der Waals surface area contributed by atoms with Crippen molar-refractivity contribution in [1.29, 1.82) is 0 Å². The monoisotopic (exact) mass is 308 g/mol. The van der Waals surface area contributed by atoms with Crippen LogP contribution in [-0.2, 0) is 14.8 Å². The van der Waals surface area contributed by atoms with E-state index in [0.717, 1.165) is 32.4 Å². The van der Waals surface area contributed by atoms with Crippen LogP contribution in [0.4, 0.5) is 0 Å². The lowest BCUT2D eigenvalue weighted by molar-refractivity contribution is 0.128. The molecule has 0 aromatic heterocycles. The van der Waals surface area contributed by atoms with Crippen LogP contribution < -0.4 is 10.0 Å². The smallest absolute Gasteiger partial charge is 0.211 e. The summed E-state index contributed by atoms with van der Waals surface area (Å²) in [5.74, 6) is 0.820. The third-order valence-corrected chi connectivity index (χ3v) is 4.32. The molecule has 5 nitrogen and oxygen atoms in total. The summed E-state index contributed by atoms with van der Waals surface area (Å²) in [4.78, 5) is 0. The molecule has 0 aromatic rings. The van der Waals surface area contributed by atoms with Crippen molar-refractivity contribution < 1.29 is 13.2 Å². The van der Waals surface area contributed by atoms with E-state index in [1.54, 1.807) is 0 Å². The van der Waals surface area contributed by atoms with E-state index in [4.69, 9.17) is 4.74 Å². The molecule has 0 saturated heterocycles. The summed E-state index contributed by atoms with van der Waals surface area (Å²) in [6.45, 7) is 9.80. The van der Waals surface area contributed by atoms with Gasteiger partial charge in [0.15, 0.2) is 0 Å². The summed E-state index contributed by atoms with van der Waals surface area (Å²) in [6, 6.07) is 0. The second-order valence-electron chi connectivity index (χ2n) is 5.47. The highest BCUT2D eigenvalue weighted by Gasteiger charge is 2.08. The topological polar surface area (TPSA) is 67.4 Å². The molecule has 0 atom stereocenters. The quantitative estimate of drug-likeness (QED) is 0.480. The Kier molecular flexibility index (Phi) is 12.5. The van der Waals surface area contributed by atoms with E-state index < -0.39 is 10.0 Å². The Hall–Kier alpha value is -0.170. The van der Waals surface area contributed by atoms with Crippen LogP contribution in [0.25, 0.3) is 0 Å². The summed E-state index contributed by atoms with van der Waals surface area (Å²) < 4.78 is 31.3. The largest absolute Gasteiger partial charge is 0.380 e. The number of hydrogen-bond acceptors (Lipinski definition) is 4. The highest BCUT2D eigenvalue weighted by molar-refractivity contribution is 7.89. The maximum absolute atomic E-state index is 11.7. The predicted molar refractivity (Wildman–Crippen MR) is 84.5 cm³/mol. The lowest BCUT2D eigenvalue weighted by Gasteiger charge is -2.08. The predicted octanol–water partition coefficient (Wildman–Crippen LogP) is 1.75. The van der Waals surface area contributed by atoms with Crippen LogP contribution in [0.1, 0.15) is 46.5 Å². The van der Waals surface area contributed by atoms with Gasteiger partial charge in [0, 0.05) is 13.2 Å². The molecule has 0 aliphatic rings. The molecule has 0 aliphatic heterocycles. The van der Waals surface area contributed by atoms with E-state index in [-0.39, 0.29) is 5.75 Å². The molecule has 0 fully saturated rings. The lowest BCUT2D eigenvalue weighted by atomic mass is 10.1. The van der Waals surface area contributed by atoms with Crippen LogP contribution in [0.5, 0.6) is 0 Å². The Labute approximate surface area is 124 Å². The van der Waals surface area contributed by atoms with E-state index in [1.165, 1.54) is 0 Å². The van der Waals surface area contributed by atoms with Gasteiger partial charge in [-0.3, -0.25) is 0 Å². The van der Waals surface area contributed by atoms with E-state index in [9.17, 15) is 8.42 Å². The third-order valence-electron chi connectivity index (χ3n) is 2.85. The molecular weight excluding hydrogens is 276 g/mol. The molecule has 0 saturated carbocycles. The van der Waals surface area contributed by atoms with Gasteiger partial charge < -0.3 is 10.1 Å². The number of nitrogens with one attached hydrogen (secondary N) is 2. The van der Waals surface area contributed by atoms with Gasteiger partial charge >= 0.3 is 0 Å². The van der Waals surface area contributed by atoms with Crippen LogP contribution >= 0.6 is 0 Å². The first-order valence-electron chi connectivity index (χ1n) is 7.73. The molecule has 0 spiro atoms. The lowest BCUT2D eigenvalue weighted by Crippen LogP contribution is -2.30. The average molecular weight is 308 g/mol. The molecule has 0 unspecified atom stereocenters. The van der Waals surface area contributed by atoms with Crippen molar-refractivity contribution in [2.24, 2.45) is 5.92 Å². The number of unbranched alkanes of at least 4 members (excludes halogenated alkanes) is 1. The molecule has 0 rings (SSSR count). The Bertz CT molecular complexity index is 306. The first-order chi connectivity index (χ1) is 9.48. The zero-order valence-electron chi connectivity index (χ0n) is 13.3. The van der Waals surface area contributed by atoms with Gasteiger partial charge in [0.05, 0.1) is 12.4 Å². The fourth-order valence-electron chi connectivity index (χ4n) is 1.61. The van der Waals surface area contributed by atoms with Gasteiger partial charge in [-0.2, -0.15) is 0 Å². The van der Waals surface area contributed by atoms with Gasteiger partial charge in [-0.15, -0.1) is 0 Å². The van der Waals surface area contributed by atoms with Gasteiger partial charge in [0.25, 0.3) is 0 Å². The Morgan fingerprint density at radius 1 is 1.05 bits per heavy atom. The van der Waals surface area contributed by atoms with Gasteiger partial charge in [0.1, 0.15) is 0 Å². The Morgan fingerprint density at radius 2 is 1.80 bits per heavy atom. The molecule has 0 amide bonds. The van der Waals surface area contributed by atoms with Gasteiger partial charge in [-0.05, 0) is 44.7 Å². The second kappa shape index (κ2) is 12.6. The molecular formula is C14H32N2O3S. The molecule has 0 bridgehead atoms. The molecule has 0 aliphatic carbocycles. The second-order valence-corrected chi connectivity index (χ2v) is 7.39. The number of hydrogen-bond donors (Lipinski definition) is 2. The molecule has 20 heavy (non-hydrogen) atoms. The van der Waals surface area contributed by atoms with Gasteiger partial charge in [0.2, 0.25) is 10.0 Å². The zero-order chi connectivity index (χ0) is 15.3. The summed E-state index contributed by atoms with van der Waals surface area (Å²) in [6.07, 6.45) is 3.71. The fraction of sp³-hybridized carbons (Fsp3) is 1.00. The van der Waals surface area contributed by atoms with Crippen LogP contribution in [0.3, 0.4) is 0 Å². The van der Waals surface area contributed by atoms with Crippen molar-refractivity contribution >= 4 is 10.0 Å². The molecule has 122 valence electrons. The first-order valence-corrected chi connectivity index (χ1v) is 9.39. The molecule has 0 radical (unpaired) electrons. The van der Waals surface area contributed by atoms with Crippen molar-refractivity contribution in [1.82, 2.24) is 10.0 Å². The Morgan fingerprint density at radius 3 is 2.45 bits per heavy atom. The maximum atomic E-state index is 11.7. The summed E-state index contributed by atoms with van der Waals surface area (Å²) >= 11 is 0. The van der Waals surface area contributed by atoms with Crippen LogP contribution in [0.15, 0.2) is 0 Å². The normalized spacial score (nSPS) is 12.2. The van der Waals surface area contributed by atoms with E-state index >= 15 is 0 Å². The van der Waals surface area contributed by atoms with Gasteiger partial charge in [-0.1, -0.05) is 20.8 Å². The van der Waals surface area contributed by atoms with Crippen LogP contribution in [-0.4, -0.2) is 47.0 Å². The fourth-order valence-corrected chi connectivity index (χ4v) is 2.73. The van der Waals surface area contributed by atoms with Gasteiger partial charge in [-0.25, -0.2) is 13.1 Å².